The molecule has 3 aromatic carbocycles. The van der Waals surface area contributed by atoms with E-state index in [2.05, 4.69) is 20.6 Å². The first kappa shape index (κ1) is 28.3. The Labute approximate surface area is 250 Å². The van der Waals surface area contributed by atoms with Gasteiger partial charge in [0.25, 0.3) is 5.91 Å². The standard InChI is InChI=1S/C23H10Cl8N4O2/c1-7-10(14(25)18(29)17(28)13(7)24)21(32-6-36)33-8-2-4-9(5-3-8)34-22-11-12(23(37)35-22)16(27)20(31)19(30)15(11)26/h2-6H,1H3,(H,32,33,36)(H,34,35,37). The third-order valence-electron chi connectivity index (χ3n) is 5.23. The van der Waals surface area contributed by atoms with Gasteiger partial charge in [-0.25, -0.2) is 9.98 Å². The third-order valence-corrected chi connectivity index (χ3v) is 8.93. The normalized spacial score (nSPS) is 14.1. The maximum atomic E-state index is 12.5. The van der Waals surface area contributed by atoms with Crippen molar-refractivity contribution in [2.24, 2.45) is 9.98 Å². The van der Waals surface area contributed by atoms with Crippen LogP contribution in [-0.4, -0.2) is 24.0 Å². The van der Waals surface area contributed by atoms with Gasteiger partial charge in [-0.3, -0.25) is 9.59 Å². The highest BCUT2D eigenvalue weighted by molar-refractivity contribution is 6.55. The molecule has 190 valence electrons. The second kappa shape index (κ2) is 11.2. The summed E-state index contributed by atoms with van der Waals surface area (Å²) in [4.78, 5) is 32.7. The first-order valence-electron chi connectivity index (χ1n) is 9.96. The Morgan fingerprint density at radius 1 is 0.757 bits per heavy atom. The number of amidine groups is 2. The van der Waals surface area contributed by atoms with E-state index in [0.717, 1.165) is 0 Å². The minimum absolute atomic E-state index is 0.00698. The number of halogens is 8. The van der Waals surface area contributed by atoms with E-state index in [1.165, 1.54) is 0 Å². The Morgan fingerprint density at radius 2 is 1.27 bits per heavy atom. The molecule has 0 bridgehead atoms. The third kappa shape index (κ3) is 5.14. The predicted octanol–water partition coefficient (Wildman–Crippen LogP) is 8.87. The van der Waals surface area contributed by atoms with Crippen LogP contribution in [0.25, 0.3) is 0 Å². The van der Waals surface area contributed by atoms with Crippen LogP contribution in [0.4, 0.5) is 11.4 Å². The summed E-state index contributed by atoms with van der Waals surface area (Å²) in [6.07, 6.45) is 0.442. The van der Waals surface area contributed by atoms with Crippen molar-refractivity contribution in [3.05, 3.63) is 86.7 Å². The molecule has 0 aromatic heterocycles. The Hall–Kier alpha value is -1.74. The number of rotatable bonds is 4. The quantitative estimate of drug-likeness (QED) is 0.0966. The maximum absolute atomic E-state index is 12.5. The first-order valence-corrected chi connectivity index (χ1v) is 13.0. The fraction of sp³-hybridized carbons (Fsp3) is 0.0435. The lowest BCUT2D eigenvalue weighted by atomic mass is 10.1. The molecule has 2 amide bonds. The second-order valence-corrected chi connectivity index (χ2v) is 10.4. The van der Waals surface area contributed by atoms with E-state index in [1.807, 2.05) is 0 Å². The summed E-state index contributed by atoms with van der Waals surface area (Å²) in [6, 6.07) is 6.49. The first-order chi connectivity index (χ1) is 17.5. The SMILES string of the molecule is Cc1c(Cl)c(Cl)c(Cl)c(Cl)c1C(=Nc1ccc(N=C2NC(=O)c3c(Cl)c(Cl)c(Cl)c(Cl)c32)cc1)NC=O. The van der Waals surface area contributed by atoms with Gasteiger partial charge in [-0.2, -0.15) is 0 Å². The minimum Gasteiger partial charge on any atom is -0.313 e. The fourth-order valence-electron chi connectivity index (χ4n) is 3.48. The molecule has 14 heteroatoms. The average Bonchev–Trinajstić information content (AvgIpc) is 3.20. The summed E-state index contributed by atoms with van der Waals surface area (Å²) in [5.41, 5.74) is 1.98. The summed E-state index contributed by atoms with van der Waals surface area (Å²) < 4.78 is 0. The molecular formula is C23H10Cl8N4O2. The van der Waals surface area contributed by atoms with Gasteiger partial charge in [-0.05, 0) is 36.8 Å². The van der Waals surface area contributed by atoms with Gasteiger partial charge in [0, 0.05) is 5.56 Å². The van der Waals surface area contributed by atoms with Crippen molar-refractivity contribution in [2.45, 2.75) is 6.92 Å². The van der Waals surface area contributed by atoms with E-state index in [9.17, 15) is 9.59 Å². The zero-order valence-electron chi connectivity index (χ0n) is 18.1. The Kier molecular flexibility index (Phi) is 8.53. The van der Waals surface area contributed by atoms with Gasteiger partial charge < -0.3 is 10.6 Å². The summed E-state index contributed by atoms with van der Waals surface area (Å²) >= 11 is 49.7. The molecule has 0 radical (unpaired) electrons. The van der Waals surface area contributed by atoms with Crippen LogP contribution < -0.4 is 10.6 Å². The van der Waals surface area contributed by atoms with Gasteiger partial charge >= 0.3 is 0 Å². The van der Waals surface area contributed by atoms with Crippen molar-refractivity contribution >= 4 is 128 Å². The number of nitrogens with zero attached hydrogens (tertiary/aromatic N) is 2. The van der Waals surface area contributed by atoms with Crippen molar-refractivity contribution in [3.8, 4) is 0 Å². The molecule has 0 spiro atoms. The lowest BCUT2D eigenvalue weighted by Crippen LogP contribution is -2.24. The number of hydrogen-bond donors (Lipinski definition) is 2. The number of amides is 2. The number of hydrogen-bond acceptors (Lipinski definition) is 4. The number of carbonyl (C=O) groups is 2. The lowest BCUT2D eigenvalue weighted by molar-refractivity contribution is -0.108. The van der Waals surface area contributed by atoms with E-state index in [-0.39, 0.29) is 63.0 Å². The Balaban J connectivity index is 1.75. The molecule has 3 aromatic rings. The number of nitrogens with one attached hydrogen (secondary N) is 2. The summed E-state index contributed by atoms with van der Waals surface area (Å²) in [6.45, 7) is 1.66. The van der Waals surface area contributed by atoms with Gasteiger partial charge in [0.05, 0.1) is 62.7 Å². The van der Waals surface area contributed by atoms with E-state index in [0.29, 0.717) is 28.9 Å². The second-order valence-electron chi connectivity index (χ2n) is 7.42. The summed E-state index contributed by atoms with van der Waals surface area (Å²) in [5.74, 6) is -0.266. The highest BCUT2D eigenvalue weighted by Crippen LogP contribution is 2.44. The molecule has 0 atom stereocenters. The summed E-state index contributed by atoms with van der Waals surface area (Å²) in [5, 5.41) is 5.50. The number of aliphatic imine (C=N–C) groups is 2. The van der Waals surface area contributed by atoms with Crippen LogP contribution in [0.3, 0.4) is 0 Å². The molecule has 0 fully saturated rings. The molecule has 0 saturated carbocycles. The van der Waals surface area contributed by atoms with Crippen molar-refractivity contribution in [3.63, 3.8) is 0 Å². The minimum atomic E-state index is -0.516. The molecule has 4 rings (SSSR count). The molecule has 6 nitrogen and oxygen atoms in total. The highest BCUT2D eigenvalue weighted by Gasteiger charge is 2.34. The zero-order valence-corrected chi connectivity index (χ0v) is 24.2. The van der Waals surface area contributed by atoms with Gasteiger partial charge in [0.2, 0.25) is 6.41 Å². The van der Waals surface area contributed by atoms with Gasteiger partial charge in [0.15, 0.2) is 0 Å². The molecule has 0 aliphatic carbocycles. The largest absolute Gasteiger partial charge is 0.313 e. The van der Waals surface area contributed by atoms with Gasteiger partial charge in [-0.15, -0.1) is 0 Å². The van der Waals surface area contributed by atoms with Crippen LogP contribution in [0.1, 0.15) is 27.0 Å². The Morgan fingerprint density at radius 3 is 1.86 bits per heavy atom. The van der Waals surface area contributed by atoms with Crippen molar-refractivity contribution in [2.75, 3.05) is 0 Å². The average molecular weight is 658 g/mol. The topological polar surface area (TPSA) is 82.9 Å². The molecule has 1 aliphatic heterocycles. The molecule has 2 N–H and O–H groups in total. The molecule has 0 unspecified atom stereocenters. The zero-order chi connectivity index (χ0) is 27.2. The van der Waals surface area contributed by atoms with Crippen LogP contribution in [0.15, 0.2) is 34.3 Å². The number of fused-ring (bicyclic) bond motifs is 1. The van der Waals surface area contributed by atoms with E-state index >= 15 is 0 Å². The molecule has 1 heterocycles. The number of carbonyl (C=O) groups excluding carboxylic acids is 2. The van der Waals surface area contributed by atoms with Crippen LogP contribution in [-0.2, 0) is 4.79 Å². The van der Waals surface area contributed by atoms with Crippen molar-refractivity contribution in [1.29, 1.82) is 0 Å². The van der Waals surface area contributed by atoms with Gasteiger partial charge in [0.1, 0.15) is 11.7 Å². The monoisotopic (exact) mass is 654 g/mol. The van der Waals surface area contributed by atoms with Crippen molar-refractivity contribution in [1.82, 2.24) is 10.6 Å². The predicted molar refractivity (Wildman–Crippen MR) is 153 cm³/mol. The van der Waals surface area contributed by atoms with Crippen molar-refractivity contribution < 1.29 is 9.59 Å². The van der Waals surface area contributed by atoms with E-state index in [4.69, 9.17) is 92.8 Å². The fourth-order valence-corrected chi connectivity index (χ4v) is 5.55. The highest BCUT2D eigenvalue weighted by atomic mass is 35.5. The van der Waals surface area contributed by atoms with Crippen LogP contribution in [0.5, 0.6) is 0 Å². The van der Waals surface area contributed by atoms with Crippen LogP contribution in [0.2, 0.25) is 40.2 Å². The van der Waals surface area contributed by atoms with E-state index < -0.39 is 5.91 Å². The van der Waals surface area contributed by atoms with Crippen LogP contribution in [0, 0.1) is 6.92 Å². The molecule has 0 saturated heterocycles. The van der Waals surface area contributed by atoms with Gasteiger partial charge in [-0.1, -0.05) is 92.8 Å². The summed E-state index contributed by atoms with van der Waals surface area (Å²) in [7, 11) is 0. The maximum Gasteiger partial charge on any atom is 0.259 e. The number of benzene rings is 3. The van der Waals surface area contributed by atoms with Crippen LogP contribution >= 0.6 is 92.8 Å². The molecule has 37 heavy (non-hydrogen) atoms. The smallest absolute Gasteiger partial charge is 0.259 e. The molecular weight excluding hydrogens is 648 g/mol. The molecule has 1 aliphatic rings. The lowest BCUT2D eigenvalue weighted by Gasteiger charge is -2.15. The Bertz CT molecular complexity index is 1520. The van der Waals surface area contributed by atoms with E-state index in [1.54, 1.807) is 31.2 Å².